The molecule has 1 aromatic heterocycles. The first-order valence-corrected chi connectivity index (χ1v) is 3.88. The molecule has 0 aliphatic rings. The highest BCUT2D eigenvalue weighted by atomic mass is 16.6. The van der Waals surface area contributed by atoms with Crippen LogP contribution in [0, 0.1) is 10.1 Å². The Morgan fingerprint density at radius 1 is 1.29 bits per heavy atom. The van der Waals surface area contributed by atoms with Gasteiger partial charge in [-0.25, -0.2) is 4.68 Å². The fraction of sp³-hybridized carbons (Fsp3) is 0. The second-order valence-electron chi connectivity index (χ2n) is 2.62. The van der Waals surface area contributed by atoms with Crippen LogP contribution < -0.4 is 0 Å². The van der Waals surface area contributed by atoms with Gasteiger partial charge in [0, 0.05) is 12.1 Å². The van der Waals surface area contributed by atoms with Crippen molar-refractivity contribution in [3.05, 3.63) is 46.8 Å². The molecule has 0 bridgehead atoms. The van der Waals surface area contributed by atoms with Crippen molar-refractivity contribution in [3.63, 3.8) is 0 Å². The average Bonchev–Trinajstić information content (AvgIpc) is 2.71. The summed E-state index contributed by atoms with van der Waals surface area (Å²) >= 11 is 0. The Morgan fingerprint density at radius 2 is 2.00 bits per heavy atom. The molecule has 2 aromatic rings. The van der Waals surface area contributed by atoms with Crippen molar-refractivity contribution in [1.29, 1.82) is 0 Å². The summed E-state index contributed by atoms with van der Waals surface area (Å²) in [6, 6.07) is 6.09. The third kappa shape index (κ3) is 1.45. The maximum atomic E-state index is 10.4. The average molecular weight is 190 g/mol. The number of benzene rings is 1. The summed E-state index contributed by atoms with van der Waals surface area (Å²) in [6.45, 7) is 0. The molecule has 1 heterocycles. The summed E-state index contributed by atoms with van der Waals surface area (Å²) in [6.07, 6.45) is 3.21. The fourth-order valence-corrected chi connectivity index (χ4v) is 1.07. The number of non-ortho nitro benzene ring substituents is 1. The minimum absolute atomic E-state index is 0.0638. The molecule has 1 aromatic carbocycles. The lowest BCUT2D eigenvalue weighted by atomic mass is 10.3. The van der Waals surface area contributed by atoms with Gasteiger partial charge in [0.2, 0.25) is 0 Å². The Bertz CT molecular complexity index is 435. The largest absolute Gasteiger partial charge is 0.269 e. The number of nitro benzene ring substituents is 1. The van der Waals surface area contributed by atoms with E-state index in [1.54, 1.807) is 24.5 Å². The molecule has 0 radical (unpaired) electrons. The van der Waals surface area contributed by atoms with Gasteiger partial charge < -0.3 is 0 Å². The van der Waals surface area contributed by atoms with E-state index in [9.17, 15) is 10.1 Å². The van der Waals surface area contributed by atoms with Gasteiger partial charge in [-0.05, 0) is 12.1 Å². The quantitative estimate of drug-likeness (QED) is 0.526. The Balaban J connectivity index is 2.36. The number of hydrogen-bond donors (Lipinski definition) is 0. The molecule has 0 aliphatic heterocycles. The molecule has 0 unspecified atom stereocenters. The van der Waals surface area contributed by atoms with Gasteiger partial charge in [0.15, 0.2) is 0 Å². The second kappa shape index (κ2) is 3.25. The topological polar surface area (TPSA) is 73.8 Å². The van der Waals surface area contributed by atoms with Gasteiger partial charge in [0.25, 0.3) is 5.69 Å². The van der Waals surface area contributed by atoms with E-state index in [0.717, 1.165) is 5.69 Å². The lowest BCUT2D eigenvalue weighted by Gasteiger charge is -1.97. The van der Waals surface area contributed by atoms with Crippen molar-refractivity contribution >= 4 is 5.69 Å². The van der Waals surface area contributed by atoms with Crippen molar-refractivity contribution in [2.24, 2.45) is 0 Å². The normalized spacial score (nSPS) is 10.0. The summed E-state index contributed by atoms with van der Waals surface area (Å²) in [5, 5.41) is 17.8. The molecular formula is C8H6N4O2. The zero-order valence-electron chi connectivity index (χ0n) is 7.07. The molecule has 0 spiro atoms. The molecular weight excluding hydrogens is 184 g/mol. The van der Waals surface area contributed by atoms with Gasteiger partial charge in [0.1, 0.15) is 0 Å². The first kappa shape index (κ1) is 8.36. The van der Waals surface area contributed by atoms with Crippen LogP contribution in [0.25, 0.3) is 5.69 Å². The molecule has 0 atom stereocenters. The molecule has 6 nitrogen and oxygen atoms in total. The van der Waals surface area contributed by atoms with Crippen LogP contribution in [-0.2, 0) is 0 Å². The third-order valence-corrected chi connectivity index (χ3v) is 1.75. The van der Waals surface area contributed by atoms with Crippen molar-refractivity contribution < 1.29 is 4.92 Å². The molecule has 2 rings (SSSR count). The molecule has 0 saturated carbocycles. The molecule has 0 saturated heterocycles. The van der Waals surface area contributed by atoms with Gasteiger partial charge >= 0.3 is 0 Å². The predicted molar refractivity (Wildman–Crippen MR) is 48.0 cm³/mol. The molecule has 6 heteroatoms. The van der Waals surface area contributed by atoms with E-state index in [4.69, 9.17) is 0 Å². The van der Waals surface area contributed by atoms with Crippen LogP contribution >= 0.6 is 0 Å². The van der Waals surface area contributed by atoms with Crippen molar-refractivity contribution in [2.45, 2.75) is 0 Å². The Kier molecular flexibility index (Phi) is 1.94. The lowest BCUT2D eigenvalue weighted by Crippen LogP contribution is -1.95. The highest BCUT2D eigenvalue weighted by Crippen LogP contribution is 2.13. The highest BCUT2D eigenvalue weighted by molar-refractivity contribution is 5.39. The van der Waals surface area contributed by atoms with E-state index in [2.05, 4.69) is 10.3 Å². The van der Waals surface area contributed by atoms with E-state index in [1.807, 2.05) is 0 Å². The van der Waals surface area contributed by atoms with E-state index >= 15 is 0 Å². The van der Waals surface area contributed by atoms with Crippen molar-refractivity contribution in [3.8, 4) is 5.69 Å². The second-order valence-corrected chi connectivity index (χ2v) is 2.62. The number of nitrogens with zero attached hydrogens (tertiary/aromatic N) is 4. The van der Waals surface area contributed by atoms with Gasteiger partial charge in [0.05, 0.1) is 23.0 Å². The van der Waals surface area contributed by atoms with E-state index in [1.165, 1.54) is 16.8 Å². The number of aromatic nitrogens is 3. The summed E-state index contributed by atoms with van der Waals surface area (Å²) in [5.41, 5.74) is 0.807. The number of nitro groups is 1. The van der Waals surface area contributed by atoms with E-state index < -0.39 is 4.92 Å². The van der Waals surface area contributed by atoms with Crippen LogP contribution in [0.2, 0.25) is 0 Å². The molecule has 0 fully saturated rings. The SMILES string of the molecule is O=[N+]([O-])c1ccc(-n2ccnn2)cc1. The smallest absolute Gasteiger partial charge is 0.258 e. The van der Waals surface area contributed by atoms with Crippen LogP contribution in [0.4, 0.5) is 5.69 Å². The monoisotopic (exact) mass is 190 g/mol. The van der Waals surface area contributed by atoms with Crippen LogP contribution in [-0.4, -0.2) is 19.9 Å². The number of rotatable bonds is 2. The van der Waals surface area contributed by atoms with E-state index in [-0.39, 0.29) is 5.69 Å². The van der Waals surface area contributed by atoms with E-state index in [0.29, 0.717) is 0 Å². The molecule has 0 amide bonds. The minimum atomic E-state index is -0.439. The Labute approximate surface area is 78.9 Å². The predicted octanol–water partition coefficient (Wildman–Crippen LogP) is 1.18. The zero-order chi connectivity index (χ0) is 9.97. The van der Waals surface area contributed by atoms with Crippen LogP contribution in [0.1, 0.15) is 0 Å². The highest BCUT2D eigenvalue weighted by Gasteiger charge is 2.04. The fourth-order valence-electron chi connectivity index (χ4n) is 1.07. The van der Waals surface area contributed by atoms with Crippen LogP contribution in [0.5, 0.6) is 0 Å². The molecule has 14 heavy (non-hydrogen) atoms. The van der Waals surface area contributed by atoms with Gasteiger partial charge in [-0.15, -0.1) is 5.10 Å². The first-order chi connectivity index (χ1) is 6.77. The standard InChI is InChI=1S/C8H6N4O2/c13-12(14)8-3-1-7(2-4-8)11-6-5-9-10-11/h1-6H. The zero-order valence-corrected chi connectivity index (χ0v) is 7.07. The summed E-state index contributed by atoms with van der Waals surface area (Å²) in [5.74, 6) is 0. The number of hydrogen-bond acceptors (Lipinski definition) is 4. The van der Waals surface area contributed by atoms with Gasteiger partial charge in [-0.3, -0.25) is 10.1 Å². The minimum Gasteiger partial charge on any atom is -0.258 e. The maximum Gasteiger partial charge on any atom is 0.269 e. The summed E-state index contributed by atoms with van der Waals surface area (Å²) in [7, 11) is 0. The molecule has 0 N–H and O–H groups in total. The summed E-state index contributed by atoms with van der Waals surface area (Å²) < 4.78 is 1.53. The van der Waals surface area contributed by atoms with Gasteiger partial charge in [-0.1, -0.05) is 5.21 Å². The van der Waals surface area contributed by atoms with Crippen LogP contribution in [0.3, 0.4) is 0 Å². The Morgan fingerprint density at radius 3 is 2.50 bits per heavy atom. The third-order valence-electron chi connectivity index (χ3n) is 1.75. The van der Waals surface area contributed by atoms with Gasteiger partial charge in [-0.2, -0.15) is 0 Å². The van der Waals surface area contributed by atoms with Crippen molar-refractivity contribution in [1.82, 2.24) is 15.0 Å². The maximum absolute atomic E-state index is 10.4. The first-order valence-electron chi connectivity index (χ1n) is 3.88. The molecule has 70 valence electrons. The Hall–Kier alpha value is -2.24. The lowest BCUT2D eigenvalue weighted by molar-refractivity contribution is -0.384. The van der Waals surface area contributed by atoms with Crippen LogP contribution in [0.15, 0.2) is 36.7 Å². The molecule has 0 aliphatic carbocycles. The van der Waals surface area contributed by atoms with Crippen molar-refractivity contribution in [2.75, 3.05) is 0 Å². The summed E-state index contributed by atoms with van der Waals surface area (Å²) in [4.78, 5) is 9.93.